The quantitative estimate of drug-likeness (QED) is 0.118. The Morgan fingerprint density at radius 3 is 0.902 bits per heavy atom. The Morgan fingerprint density at radius 2 is 0.491 bits per heavy atom. The number of benzene rings is 20. The first-order valence-electron chi connectivity index (χ1n) is 38.2. The predicted octanol–water partition coefficient (Wildman–Crippen LogP) is 29.2. The fourth-order valence-electron chi connectivity index (χ4n) is 16.9. The number of fused-ring (bicyclic) bond motifs is 14. The van der Waals surface area contributed by atoms with Gasteiger partial charge in [-0.05, 0) is 236 Å². The van der Waals surface area contributed by atoms with Crippen LogP contribution < -0.4 is 5.46 Å². The van der Waals surface area contributed by atoms with Crippen LogP contribution in [0.3, 0.4) is 0 Å². The second-order valence-corrected chi connectivity index (χ2v) is 29.3. The zero-order valence-corrected chi connectivity index (χ0v) is 63.2. The summed E-state index contributed by atoms with van der Waals surface area (Å²) in [6.07, 6.45) is 0. The Hall–Kier alpha value is -13.5. The number of halogens is 1. The molecule has 20 aromatic carbocycles. The van der Waals surface area contributed by atoms with E-state index in [1.807, 2.05) is 56.3 Å². The molecule has 0 aliphatic carbocycles. The first-order chi connectivity index (χ1) is 55.3. The van der Waals surface area contributed by atoms with Gasteiger partial charge in [0.15, 0.2) is 0 Å². The smallest absolute Gasteiger partial charge is 0.456 e. The summed E-state index contributed by atoms with van der Waals surface area (Å²) >= 11 is 3.55. The van der Waals surface area contributed by atoms with Crippen LogP contribution in [0.2, 0.25) is 0 Å². The van der Waals surface area contributed by atoms with Crippen LogP contribution in [0.4, 0.5) is 0 Å². The summed E-state index contributed by atoms with van der Waals surface area (Å²) < 4.78 is 13.5. The van der Waals surface area contributed by atoms with Crippen LogP contribution in [0, 0.1) is 0 Å². The Morgan fingerprint density at radius 1 is 0.205 bits per heavy atom. The molecule has 0 atom stereocenters. The van der Waals surface area contributed by atoms with Gasteiger partial charge < -0.3 is 18.9 Å². The largest absolute Gasteiger partial charge is 0.489 e. The summed E-state index contributed by atoms with van der Waals surface area (Å²) in [4.78, 5) is 0. The second kappa shape index (κ2) is 29.5. The van der Waals surface area contributed by atoms with Crippen molar-refractivity contribution in [3.05, 3.63) is 393 Å². The van der Waals surface area contributed by atoms with Crippen molar-refractivity contribution in [2.45, 2.75) is 13.8 Å². The van der Waals surface area contributed by atoms with Gasteiger partial charge in [-0.1, -0.05) is 351 Å². The molecule has 2 N–H and O–H groups in total. The summed E-state index contributed by atoms with van der Waals surface area (Å²) in [5.74, 6) is 0. The third-order valence-corrected chi connectivity index (χ3v) is 22.5. The number of hydrogen-bond acceptors (Lipinski definition) is 4. The molecular formula is C106H72BBrO4. The van der Waals surface area contributed by atoms with Gasteiger partial charge in [0.2, 0.25) is 0 Å². The minimum atomic E-state index is -1.54. The standard InChI is InChI=1S/C52H32O.C30H21BO2.C22H13BrO.C2H6/c1-2-13-38-32-50-48(30-37(38)12-1)47-31-39(27-28-49(47)53-50)36-15-9-16-40(29-36)52-45-20-7-5-18-43(45)51(44-19-6-8-21-46(44)52)35-25-23-34(24-26-35)42-22-10-14-33-11-3-4-17-41(33)42;32-31(33)30-27-13-5-3-11-25(27)29(26-12-4-6-14-28(26)30)22-18-16-21(17-19-22)24-15-7-9-20-8-1-2-10-23(20)24;23-18-7-3-6-14(10-18)17-8-9-21-19(12-17)20-11-15-4-1-2-5-16(15)13-22(20)24-21;1-2/h1-32H;1-19,32-33H;1-13H;1-2H3. The molecule has 22 aromatic rings. The van der Waals surface area contributed by atoms with Crippen molar-refractivity contribution in [3.63, 3.8) is 0 Å². The van der Waals surface area contributed by atoms with Crippen LogP contribution >= 0.6 is 15.9 Å². The highest BCUT2D eigenvalue weighted by Gasteiger charge is 2.24. The van der Waals surface area contributed by atoms with E-state index in [1.54, 1.807) is 0 Å². The highest BCUT2D eigenvalue weighted by Crippen LogP contribution is 2.47. The van der Waals surface area contributed by atoms with Crippen molar-refractivity contribution in [1.82, 2.24) is 0 Å². The molecule has 0 amide bonds. The van der Waals surface area contributed by atoms with Crippen LogP contribution in [0.5, 0.6) is 0 Å². The van der Waals surface area contributed by atoms with Gasteiger partial charge in [0.05, 0.1) is 0 Å². The van der Waals surface area contributed by atoms with E-state index in [2.05, 4.69) is 362 Å². The van der Waals surface area contributed by atoms with Gasteiger partial charge in [-0.3, -0.25) is 0 Å². The molecule has 2 aromatic heterocycles. The molecule has 4 nitrogen and oxygen atoms in total. The van der Waals surface area contributed by atoms with E-state index in [0.29, 0.717) is 5.46 Å². The number of hydrogen-bond donors (Lipinski definition) is 2. The topological polar surface area (TPSA) is 66.7 Å². The van der Waals surface area contributed by atoms with Crippen LogP contribution in [0.15, 0.2) is 402 Å². The molecule has 530 valence electrons. The van der Waals surface area contributed by atoms with E-state index in [-0.39, 0.29) is 0 Å². The van der Waals surface area contributed by atoms with Gasteiger partial charge in [0.25, 0.3) is 0 Å². The summed E-state index contributed by atoms with van der Waals surface area (Å²) in [7, 11) is -1.54. The zero-order chi connectivity index (χ0) is 75.3. The molecule has 0 spiro atoms. The minimum Gasteiger partial charge on any atom is -0.456 e. The Kier molecular flexibility index (Phi) is 18.2. The summed E-state index contributed by atoms with van der Waals surface area (Å²) in [5.41, 5.74) is 21.0. The van der Waals surface area contributed by atoms with Crippen molar-refractivity contribution in [1.29, 1.82) is 0 Å². The van der Waals surface area contributed by atoms with E-state index < -0.39 is 7.12 Å². The highest BCUT2D eigenvalue weighted by molar-refractivity contribution is 9.10. The molecular weight excluding hydrogens is 1430 g/mol. The lowest BCUT2D eigenvalue weighted by atomic mass is 9.72. The SMILES string of the molecule is Brc1cccc(-c2ccc3oc4cc5ccccc5cc4c3c2)c1.CC.OB(O)c1c2ccccc2c(-c2ccc(-c3cccc4ccccc34)cc2)c2ccccc12.c1cc(-c2ccc3oc4cc5ccccc5cc4c3c2)cc(-c2c3ccccc3c(-c3ccc(-c4cccc5ccccc45)cc3)c3ccccc23)c1. The molecule has 112 heavy (non-hydrogen) atoms. The van der Waals surface area contributed by atoms with Gasteiger partial charge in [0.1, 0.15) is 22.3 Å². The Balaban J connectivity index is 0.000000122. The van der Waals surface area contributed by atoms with E-state index in [0.717, 1.165) is 75.6 Å². The molecule has 0 bridgehead atoms. The van der Waals surface area contributed by atoms with Crippen molar-refractivity contribution >= 4 is 159 Å². The van der Waals surface area contributed by atoms with Gasteiger partial charge in [0, 0.05) is 26.0 Å². The molecule has 0 saturated carbocycles. The average molecular weight is 1500 g/mol. The maximum Gasteiger partial charge on any atom is 0.489 e. The maximum absolute atomic E-state index is 10.2. The molecule has 0 aliphatic heterocycles. The number of rotatable bonds is 8. The Bertz CT molecular complexity index is 7270. The first kappa shape index (κ1) is 69.0. The fraction of sp³-hybridized carbons (Fsp3) is 0.0189. The normalized spacial score (nSPS) is 11.4. The first-order valence-corrected chi connectivity index (χ1v) is 39.0. The van der Waals surface area contributed by atoms with Gasteiger partial charge in [-0.25, -0.2) is 0 Å². The predicted molar refractivity (Wildman–Crippen MR) is 481 cm³/mol. The lowest BCUT2D eigenvalue weighted by Crippen LogP contribution is -2.31. The number of furan rings is 2. The van der Waals surface area contributed by atoms with Crippen molar-refractivity contribution in [2.24, 2.45) is 0 Å². The van der Waals surface area contributed by atoms with Crippen molar-refractivity contribution < 1.29 is 18.9 Å². The van der Waals surface area contributed by atoms with Gasteiger partial charge in [-0.15, -0.1) is 0 Å². The van der Waals surface area contributed by atoms with Crippen LogP contribution in [0.1, 0.15) is 13.8 Å². The molecule has 2 heterocycles. The molecule has 0 radical (unpaired) electrons. The van der Waals surface area contributed by atoms with Crippen LogP contribution in [-0.4, -0.2) is 17.2 Å². The van der Waals surface area contributed by atoms with Crippen LogP contribution in [0.25, 0.3) is 208 Å². The summed E-state index contributed by atoms with van der Waals surface area (Å²) in [6.45, 7) is 4.00. The van der Waals surface area contributed by atoms with E-state index >= 15 is 0 Å². The third kappa shape index (κ3) is 12.6. The zero-order valence-electron chi connectivity index (χ0n) is 61.6. The Labute approximate surface area is 657 Å². The molecule has 6 heteroatoms. The van der Waals surface area contributed by atoms with Gasteiger partial charge in [-0.2, -0.15) is 0 Å². The van der Waals surface area contributed by atoms with E-state index in [4.69, 9.17) is 8.83 Å². The summed E-state index contributed by atoms with van der Waals surface area (Å²) in [6, 6.07) is 138. The van der Waals surface area contributed by atoms with Crippen molar-refractivity contribution in [2.75, 3.05) is 0 Å². The van der Waals surface area contributed by atoms with Crippen LogP contribution in [-0.2, 0) is 0 Å². The fourth-order valence-corrected chi connectivity index (χ4v) is 17.3. The monoisotopic (exact) mass is 1500 g/mol. The third-order valence-electron chi connectivity index (χ3n) is 22.0. The minimum absolute atomic E-state index is 0.553. The molecule has 0 unspecified atom stereocenters. The van der Waals surface area contributed by atoms with E-state index in [1.165, 1.54) is 137 Å². The molecule has 0 saturated heterocycles. The lowest BCUT2D eigenvalue weighted by molar-refractivity contribution is 0.426. The van der Waals surface area contributed by atoms with E-state index in [9.17, 15) is 10.0 Å². The van der Waals surface area contributed by atoms with Gasteiger partial charge >= 0.3 is 7.12 Å². The highest BCUT2D eigenvalue weighted by atomic mass is 79.9. The molecule has 0 aliphatic rings. The molecule has 22 rings (SSSR count). The second-order valence-electron chi connectivity index (χ2n) is 28.4. The average Bonchev–Trinajstić information content (AvgIpc) is 1.07. The maximum atomic E-state index is 10.2. The summed E-state index contributed by atoms with van der Waals surface area (Å²) in [5, 5.41) is 43.6. The molecule has 0 fully saturated rings. The lowest BCUT2D eigenvalue weighted by Gasteiger charge is -2.18. The van der Waals surface area contributed by atoms with Crippen molar-refractivity contribution in [3.8, 4) is 77.9 Å².